The first-order valence-electron chi connectivity index (χ1n) is 4.92. The molecule has 0 unspecified atom stereocenters. The Bertz CT molecular complexity index is 474. The molecule has 1 aliphatic carbocycles. The van der Waals surface area contributed by atoms with Crippen LogP contribution in [-0.4, -0.2) is 10.1 Å². The van der Waals surface area contributed by atoms with Gasteiger partial charge in [-0.05, 0) is 37.1 Å². The molecule has 0 amide bonds. The standard InChI is InChI=1S/C11H9ClN2O/c12-9-5-3-8(4-6-9)11-13-10(14-15-11)7-1-2-7/h3-7H,1-2H2. The molecule has 0 radical (unpaired) electrons. The first kappa shape index (κ1) is 8.92. The topological polar surface area (TPSA) is 38.9 Å². The molecule has 1 heterocycles. The smallest absolute Gasteiger partial charge is 0.257 e. The van der Waals surface area contributed by atoms with Gasteiger partial charge in [0.2, 0.25) is 0 Å². The SMILES string of the molecule is Clc1ccc(-c2nc(C3CC3)no2)cc1. The summed E-state index contributed by atoms with van der Waals surface area (Å²) in [6.45, 7) is 0. The summed E-state index contributed by atoms with van der Waals surface area (Å²) in [7, 11) is 0. The number of nitrogens with zero attached hydrogens (tertiary/aromatic N) is 2. The van der Waals surface area contributed by atoms with E-state index in [1.807, 2.05) is 24.3 Å². The molecule has 2 aromatic rings. The lowest BCUT2D eigenvalue weighted by Gasteiger charge is -1.92. The number of aromatic nitrogens is 2. The molecule has 76 valence electrons. The first-order valence-corrected chi connectivity index (χ1v) is 5.30. The fraction of sp³-hybridized carbons (Fsp3) is 0.273. The third-order valence-corrected chi connectivity index (χ3v) is 2.73. The van der Waals surface area contributed by atoms with Crippen molar-refractivity contribution in [1.82, 2.24) is 10.1 Å². The summed E-state index contributed by atoms with van der Waals surface area (Å²) in [5.74, 6) is 1.93. The summed E-state index contributed by atoms with van der Waals surface area (Å²) in [5, 5.41) is 4.67. The van der Waals surface area contributed by atoms with Gasteiger partial charge in [0.25, 0.3) is 5.89 Å². The molecule has 0 atom stereocenters. The van der Waals surface area contributed by atoms with Crippen LogP contribution in [0.3, 0.4) is 0 Å². The summed E-state index contributed by atoms with van der Waals surface area (Å²) in [5.41, 5.74) is 0.916. The highest BCUT2D eigenvalue weighted by Gasteiger charge is 2.28. The molecule has 1 aromatic carbocycles. The molecule has 4 heteroatoms. The second-order valence-electron chi connectivity index (χ2n) is 3.74. The summed E-state index contributed by atoms with van der Waals surface area (Å²) in [4.78, 5) is 4.35. The highest BCUT2D eigenvalue weighted by Crippen LogP contribution is 2.38. The van der Waals surface area contributed by atoms with E-state index in [2.05, 4.69) is 10.1 Å². The Kier molecular flexibility index (Phi) is 1.99. The van der Waals surface area contributed by atoms with E-state index >= 15 is 0 Å². The molecule has 15 heavy (non-hydrogen) atoms. The number of hydrogen-bond donors (Lipinski definition) is 0. The van der Waals surface area contributed by atoms with Gasteiger partial charge in [-0.1, -0.05) is 16.8 Å². The largest absolute Gasteiger partial charge is 0.334 e. The highest BCUT2D eigenvalue weighted by atomic mass is 35.5. The van der Waals surface area contributed by atoms with E-state index in [-0.39, 0.29) is 0 Å². The fourth-order valence-corrected chi connectivity index (χ4v) is 1.58. The maximum Gasteiger partial charge on any atom is 0.257 e. The predicted molar refractivity (Wildman–Crippen MR) is 56.7 cm³/mol. The van der Waals surface area contributed by atoms with Gasteiger partial charge in [0.1, 0.15) is 0 Å². The Morgan fingerprint density at radius 1 is 1.20 bits per heavy atom. The van der Waals surface area contributed by atoms with Crippen molar-refractivity contribution >= 4 is 11.6 Å². The second kappa shape index (κ2) is 3.35. The minimum atomic E-state index is 0.523. The molecule has 0 aliphatic heterocycles. The Labute approximate surface area is 92.1 Å². The molecule has 1 saturated carbocycles. The van der Waals surface area contributed by atoms with Gasteiger partial charge in [0.15, 0.2) is 5.82 Å². The fourth-order valence-electron chi connectivity index (χ4n) is 1.45. The second-order valence-corrected chi connectivity index (χ2v) is 4.18. The Morgan fingerprint density at radius 2 is 1.93 bits per heavy atom. The minimum absolute atomic E-state index is 0.523. The zero-order chi connectivity index (χ0) is 10.3. The molecule has 0 N–H and O–H groups in total. The van der Waals surface area contributed by atoms with E-state index in [0.717, 1.165) is 11.4 Å². The molecular formula is C11H9ClN2O. The van der Waals surface area contributed by atoms with Crippen LogP contribution in [0, 0.1) is 0 Å². The normalized spacial score (nSPS) is 15.5. The molecule has 3 nitrogen and oxygen atoms in total. The van der Waals surface area contributed by atoms with Crippen molar-refractivity contribution in [3.05, 3.63) is 35.1 Å². The van der Waals surface area contributed by atoms with Gasteiger partial charge >= 0.3 is 0 Å². The Balaban J connectivity index is 1.93. The number of hydrogen-bond acceptors (Lipinski definition) is 3. The van der Waals surface area contributed by atoms with Crippen LogP contribution in [0.1, 0.15) is 24.6 Å². The van der Waals surface area contributed by atoms with E-state index < -0.39 is 0 Å². The third kappa shape index (κ3) is 1.75. The zero-order valence-corrected chi connectivity index (χ0v) is 8.74. The molecule has 1 fully saturated rings. The van der Waals surface area contributed by atoms with Gasteiger partial charge in [-0.25, -0.2) is 0 Å². The molecule has 0 spiro atoms. The quantitative estimate of drug-likeness (QED) is 0.780. The van der Waals surface area contributed by atoms with E-state index in [9.17, 15) is 0 Å². The summed E-state index contributed by atoms with van der Waals surface area (Å²) < 4.78 is 5.19. The lowest BCUT2D eigenvalue weighted by molar-refractivity contribution is 0.422. The Hall–Kier alpha value is -1.35. The van der Waals surface area contributed by atoms with Crippen LogP contribution in [0.4, 0.5) is 0 Å². The highest BCUT2D eigenvalue weighted by molar-refractivity contribution is 6.30. The van der Waals surface area contributed by atoms with E-state index in [1.54, 1.807) is 0 Å². The van der Waals surface area contributed by atoms with Crippen LogP contribution in [0.5, 0.6) is 0 Å². The molecule has 1 aliphatic rings. The monoisotopic (exact) mass is 220 g/mol. The van der Waals surface area contributed by atoms with Crippen LogP contribution in [0.15, 0.2) is 28.8 Å². The van der Waals surface area contributed by atoms with Gasteiger partial charge in [-0.2, -0.15) is 4.98 Å². The third-order valence-electron chi connectivity index (χ3n) is 2.48. The molecule has 1 aromatic heterocycles. The van der Waals surface area contributed by atoms with Crippen LogP contribution in [0.25, 0.3) is 11.5 Å². The summed E-state index contributed by atoms with van der Waals surface area (Å²) in [6.07, 6.45) is 2.36. The van der Waals surface area contributed by atoms with Gasteiger partial charge in [0, 0.05) is 16.5 Å². The lowest BCUT2D eigenvalue weighted by Crippen LogP contribution is -1.81. The van der Waals surface area contributed by atoms with Crippen molar-refractivity contribution in [2.45, 2.75) is 18.8 Å². The van der Waals surface area contributed by atoms with Gasteiger partial charge in [0.05, 0.1) is 0 Å². The average molecular weight is 221 g/mol. The van der Waals surface area contributed by atoms with Gasteiger partial charge in [-0.15, -0.1) is 0 Å². The first-order chi connectivity index (χ1) is 7.33. The Morgan fingerprint density at radius 3 is 2.60 bits per heavy atom. The molecule has 0 saturated heterocycles. The zero-order valence-electron chi connectivity index (χ0n) is 7.98. The number of benzene rings is 1. The van der Waals surface area contributed by atoms with Crippen molar-refractivity contribution in [3.63, 3.8) is 0 Å². The van der Waals surface area contributed by atoms with Crippen molar-refractivity contribution < 1.29 is 4.52 Å². The molecule has 3 rings (SSSR count). The average Bonchev–Trinajstić information content (AvgIpc) is 2.99. The maximum absolute atomic E-state index is 5.80. The van der Waals surface area contributed by atoms with Crippen molar-refractivity contribution in [1.29, 1.82) is 0 Å². The van der Waals surface area contributed by atoms with Crippen LogP contribution < -0.4 is 0 Å². The van der Waals surface area contributed by atoms with Crippen LogP contribution in [-0.2, 0) is 0 Å². The summed E-state index contributed by atoms with van der Waals surface area (Å²) in [6, 6.07) is 7.40. The van der Waals surface area contributed by atoms with Crippen LogP contribution in [0.2, 0.25) is 5.02 Å². The van der Waals surface area contributed by atoms with E-state index in [1.165, 1.54) is 12.8 Å². The van der Waals surface area contributed by atoms with Crippen molar-refractivity contribution in [2.24, 2.45) is 0 Å². The maximum atomic E-state index is 5.80. The van der Waals surface area contributed by atoms with E-state index in [0.29, 0.717) is 16.8 Å². The number of halogens is 1. The molecular weight excluding hydrogens is 212 g/mol. The predicted octanol–water partition coefficient (Wildman–Crippen LogP) is 3.27. The van der Waals surface area contributed by atoms with Crippen molar-refractivity contribution in [3.8, 4) is 11.5 Å². The number of rotatable bonds is 2. The molecule has 0 bridgehead atoms. The van der Waals surface area contributed by atoms with Gasteiger partial charge in [-0.3, -0.25) is 0 Å². The van der Waals surface area contributed by atoms with Crippen LogP contribution >= 0.6 is 11.6 Å². The lowest BCUT2D eigenvalue weighted by atomic mass is 10.2. The minimum Gasteiger partial charge on any atom is -0.334 e. The van der Waals surface area contributed by atoms with Gasteiger partial charge < -0.3 is 4.52 Å². The summed E-state index contributed by atoms with van der Waals surface area (Å²) >= 11 is 5.80. The van der Waals surface area contributed by atoms with Crippen molar-refractivity contribution in [2.75, 3.05) is 0 Å². The van der Waals surface area contributed by atoms with E-state index in [4.69, 9.17) is 16.1 Å².